The van der Waals surface area contributed by atoms with Crippen LogP contribution in [0.3, 0.4) is 0 Å². The molecule has 0 aliphatic carbocycles. The average Bonchev–Trinajstić information content (AvgIpc) is 2.85. The van der Waals surface area contributed by atoms with Gasteiger partial charge in [0, 0.05) is 6.20 Å². The first kappa shape index (κ1) is 14.7. The Bertz CT molecular complexity index is 1170. The van der Waals surface area contributed by atoms with Crippen molar-refractivity contribution in [2.75, 3.05) is 0 Å². The molecule has 1 aromatic carbocycles. The van der Waals surface area contributed by atoms with Crippen LogP contribution < -0.4 is 0 Å². The second-order valence-corrected chi connectivity index (χ2v) is 5.57. The van der Waals surface area contributed by atoms with E-state index in [1.165, 1.54) is 4.40 Å². The highest BCUT2D eigenvalue weighted by Gasteiger charge is 2.32. The molecule has 0 atom stereocenters. The van der Waals surface area contributed by atoms with E-state index in [0.717, 1.165) is 12.3 Å². The van der Waals surface area contributed by atoms with Crippen LogP contribution in [-0.4, -0.2) is 14.4 Å². The fourth-order valence-electron chi connectivity index (χ4n) is 2.67. The number of para-hydroxylation sites is 2. The normalized spacial score (nSPS) is 12.1. The summed E-state index contributed by atoms with van der Waals surface area (Å²) >= 11 is 6.03. The van der Waals surface area contributed by atoms with Gasteiger partial charge in [-0.15, -0.1) is 0 Å². The van der Waals surface area contributed by atoms with Crippen LogP contribution >= 0.6 is 11.6 Å². The van der Waals surface area contributed by atoms with E-state index in [1.807, 2.05) is 6.07 Å². The van der Waals surface area contributed by atoms with Crippen molar-refractivity contribution in [3.05, 3.63) is 52.7 Å². The maximum absolute atomic E-state index is 13.1. The van der Waals surface area contributed by atoms with Gasteiger partial charge >= 0.3 is 6.18 Å². The third kappa shape index (κ3) is 2.00. The van der Waals surface area contributed by atoms with Gasteiger partial charge in [0.05, 0.1) is 27.1 Å². The summed E-state index contributed by atoms with van der Waals surface area (Å²) in [5.41, 5.74) is 0.786. The molecule has 0 saturated carbocycles. The van der Waals surface area contributed by atoms with Crippen molar-refractivity contribution in [2.45, 2.75) is 6.18 Å². The molecule has 3 heterocycles. The van der Waals surface area contributed by atoms with Crippen LogP contribution in [0.15, 0.2) is 36.5 Å². The Hall–Kier alpha value is -2.85. The summed E-state index contributed by atoms with van der Waals surface area (Å²) in [6.45, 7) is 0. The lowest BCUT2D eigenvalue weighted by Crippen LogP contribution is -2.06. The van der Waals surface area contributed by atoms with Gasteiger partial charge in [-0.05, 0) is 18.2 Å². The van der Waals surface area contributed by atoms with Gasteiger partial charge in [0.1, 0.15) is 17.1 Å². The number of fused-ring (bicyclic) bond motifs is 4. The van der Waals surface area contributed by atoms with Crippen molar-refractivity contribution in [2.24, 2.45) is 0 Å². The number of hydrogen-bond acceptors (Lipinski definition) is 3. The number of benzene rings is 1. The van der Waals surface area contributed by atoms with Crippen molar-refractivity contribution >= 4 is 39.3 Å². The molecule has 0 spiro atoms. The first-order valence-electron chi connectivity index (χ1n) is 6.77. The van der Waals surface area contributed by atoms with Gasteiger partial charge in [-0.2, -0.15) is 18.4 Å². The molecule has 0 fully saturated rings. The quantitative estimate of drug-likeness (QED) is 0.468. The van der Waals surface area contributed by atoms with E-state index in [-0.39, 0.29) is 27.3 Å². The molecule has 24 heavy (non-hydrogen) atoms. The van der Waals surface area contributed by atoms with E-state index in [4.69, 9.17) is 11.6 Å². The zero-order valence-corrected chi connectivity index (χ0v) is 12.5. The van der Waals surface area contributed by atoms with E-state index in [0.29, 0.717) is 11.0 Å². The largest absolute Gasteiger partial charge is 0.417 e. The molecule has 0 aliphatic rings. The van der Waals surface area contributed by atoms with Crippen molar-refractivity contribution < 1.29 is 13.2 Å². The van der Waals surface area contributed by atoms with Gasteiger partial charge in [0.15, 0.2) is 5.65 Å². The second kappa shape index (κ2) is 4.82. The summed E-state index contributed by atoms with van der Waals surface area (Å²) in [6.07, 6.45) is -3.68. The summed E-state index contributed by atoms with van der Waals surface area (Å²) in [6, 6.07) is 9.69. The van der Waals surface area contributed by atoms with Gasteiger partial charge in [0.25, 0.3) is 0 Å². The lowest BCUT2D eigenvalue weighted by atomic mass is 10.2. The van der Waals surface area contributed by atoms with E-state index in [2.05, 4.69) is 9.97 Å². The lowest BCUT2D eigenvalue weighted by Gasteiger charge is -2.09. The molecule has 0 unspecified atom stereocenters. The predicted octanol–water partition coefficient (Wildman–Crippen LogP) is 4.58. The summed E-state index contributed by atoms with van der Waals surface area (Å²) in [4.78, 5) is 8.74. The molecule has 0 aliphatic heterocycles. The maximum Gasteiger partial charge on any atom is 0.417 e. The standard InChI is InChI=1S/C16H6ClF3N4/c17-10-5-8(16(18,19)20)7-24-14(10)9(6-21)13-15(24)23-12-4-2-1-3-11(12)22-13/h1-5,7H. The highest BCUT2D eigenvalue weighted by molar-refractivity contribution is 6.34. The predicted molar refractivity (Wildman–Crippen MR) is 82.7 cm³/mol. The van der Waals surface area contributed by atoms with Crippen LogP contribution in [0, 0.1) is 11.3 Å². The molecule has 0 radical (unpaired) electrons. The molecule has 4 aromatic rings. The minimum absolute atomic E-state index is 0.0991. The van der Waals surface area contributed by atoms with E-state index in [1.54, 1.807) is 24.3 Å². The Morgan fingerprint density at radius 1 is 1.12 bits per heavy atom. The highest BCUT2D eigenvalue weighted by Crippen LogP contribution is 2.36. The van der Waals surface area contributed by atoms with E-state index in [9.17, 15) is 18.4 Å². The van der Waals surface area contributed by atoms with Crippen molar-refractivity contribution in [3.8, 4) is 6.07 Å². The molecule has 4 rings (SSSR count). The van der Waals surface area contributed by atoms with Crippen LogP contribution in [0.2, 0.25) is 5.02 Å². The highest BCUT2D eigenvalue weighted by atomic mass is 35.5. The average molecular weight is 347 g/mol. The molecule has 0 amide bonds. The van der Waals surface area contributed by atoms with Crippen LogP contribution in [0.25, 0.3) is 27.7 Å². The van der Waals surface area contributed by atoms with Crippen molar-refractivity contribution in [1.29, 1.82) is 5.26 Å². The van der Waals surface area contributed by atoms with Crippen LogP contribution in [0.5, 0.6) is 0 Å². The smallest absolute Gasteiger partial charge is 0.296 e. The van der Waals surface area contributed by atoms with Crippen LogP contribution in [-0.2, 0) is 6.18 Å². The van der Waals surface area contributed by atoms with Crippen molar-refractivity contribution in [3.63, 3.8) is 0 Å². The summed E-state index contributed by atoms with van der Waals surface area (Å²) in [5.74, 6) is 0. The maximum atomic E-state index is 13.1. The summed E-state index contributed by atoms with van der Waals surface area (Å²) in [5, 5.41) is 9.26. The second-order valence-electron chi connectivity index (χ2n) is 5.16. The van der Waals surface area contributed by atoms with Gasteiger partial charge in [-0.1, -0.05) is 23.7 Å². The Balaban J connectivity index is 2.25. The minimum Gasteiger partial charge on any atom is -0.296 e. The molecule has 3 aromatic heterocycles. The monoisotopic (exact) mass is 346 g/mol. The number of nitrogens with zero attached hydrogens (tertiary/aromatic N) is 4. The number of nitriles is 1. The van der Waals surface area contributed by atoms with Gasteiger partial charge < -0.3 is 0 Å². The Labute approximate surface area is 137 Å². The first-order valence-corrected chi connectivity index (χ1v) is 7.15. The number of alkyl halides is 3. The van der Waals surface area contributed by atoms with Crippen LogP contribution in [0.4, 0.5) is 13.2 Å². The molecule has 8 heteroatoms. The molecular formula is C16H6ClF3N4. The molecule has 4 nitrogen and oxygen atoms in total. The van der Waals surface area contributed by atoms with Gasteiger partial charge in [-0.25, -0.2) is 9.97 Å². The molecule has 0 N–H and O–H groups in total. The van der Waals surface area contributed by atoms with Crippen LogP contribution in [0.1, 0.15) is 11.1 Å². The Morgan fingerprint density at radius 2 is 1.79 bits per heavy atom. The first-order chi connectivity index (χ1) is 11.4. The van der Waals surface area contributed by atoms with E-state index >= 15 is 0 Å². The Morgan fingerprint density at radius 3 is 2.42 bits per heavy atom. The molecule has 0 saturated heterocycles. The summed E-state index contributed by atoms with van der Waals surface area (Å²) < 4.78 is 40.4. The fourth-order valence-corrected chi connectivity index (χ4v) is 2.97. The fraction of sp³-hybridized carbons (Fsp3) is 0.0625. The number of aromatic nitrogens is 3. The third-order valence-corrected chi connectivity index (χ3v) is 4.00. The SMILES string of the molecule is N#Cc1c2nc3ccccc3nc2n2cc(C(F)(F)F)cc(Cl)c12. The molecule has 118 valence electrons. The lowest BCUT2D eigenvalue weighted by molar-refractivity contribution is -0.137. The summed E-state index contributed by atoms with van der Waals surface area (Å²) in [7, 11) is 0. The Kier molecular flexibility index (Phi) is 2.96. The molecular weight excluding hydrogens is 341 g/mol. The number of rotatable bonds is 0. The zero-order valence-electron chi connectivity index (χ0n) is 11.8. The number of hydrogen-bond donors (Lipinski definition) is 0. The van der Waals surface area contributed by atoms with Crippen molar-refractivity contribution in [1.82, 2.24) is 14.4 Å². The van der Waals surface area contributed by atoms with Gasteiger partial charge in [0.2, 0.25) is 0 Å². The topological polar surface area (TPSA) is 54.0 Å². The van der Waals surface area contributed by atoms with E-state index < -0.39 is 11.7 Å². The minimum atomic E-state index is -4.56. The van der Waals surface area contributed by atoms with Gasteiger partial charge in [-0.3, -0.25) is 4.40 Å². The third-order valence-electron chi connectivity index (χ3n) is 3.71. The number of halogens is 4. The molecule has 0 bridgehead atoms. The number of pyridine rings is 1. The zero-order chi connectivity index (χ0) is 17.1.